The predicted octanol–water partition coefficient (Wildman–Crippen LogP) is 44.6. The van der Waals surface area contributed by atoms with E-state index in [9.17, 15) is 16.8 Å². The molecule has 0 amide bonds. The van der Waals surface area contributed by atoms with Crippen LogP contribution in [-0.4, -0.2) is 88.3 Å². The predicted molar refractivity (Wildman–Crippen MR) is 691 cm³/mol. The molecule has 0 unspecified atom stereocenters. The molecule has 10 aromatic carbocycles. The second-order valence-electron chi connectivity index (χ2n) is 47.1. The van der Waals surface area contributed by atoms with Gasteiger partial charge in [0.15, 0.2) is 0 Å². The summed E-state index contributed by atoms with van der Waals surface area (Å²) in [5, 5.41) is 8.90. The summed E-state index contributed by atoms with van der Waals surface area (Å²) in [6.45, 7) is 57.0. The number of benzene rings is 10. The van der Waals surface area contributed by atoms with Gasteiger partial charge >= 0.3 is 15.8 Å². The molecule has 0 saturated heterocycles. The summed E-state index contributed by atoms with van der Waals surface area (Å²) >= 11 is 24.4. The lowest BCUT2D eigenvalue weighted by molar-refractivity contribution is 0.234. The van der Waals surface area contributed by atoms with Gasteiger partial charge in [0.25, 0.3) is 0 Å². The summed E-state index contributed by atoms with van der Waals surface area (Å²) in [5.41, 5.74) is 10.3. The van der Waals surface area contributed by atoms with Crippen LogP contribution in [0.15, 0.2) is 279 Å². The van der Waals surface area contributed by atoms with Crippen molar-refractivity contribution in [1.29, 1.82) is 0 Å². The van der Waals surface area contributed by atoms with Crippen LogP contribution in [0.4, 0.5) is 16.8 Å². The first-order chi connectivity index (χ1) is 70.1. The first kappa shape index (κ1) is 134. The van der Waals surface area contributed by atoms with Gasteiger partial charge < -0.3 is 0 Å². The van der Waals surface area contributed by atoms with Gasteiger partial charge in [-0.3, -0.25) is 0 Å². The molecule has 14 rings (SSSR count). The Morgan fingerprint density at radius 2 is 0.430 bits per heavy atom. The molecule has 4 aliphatic rings. The van der Waals surface area contributed by atoms with Gasteiger partial charge in [-0.15, -0.1) is 0 Å². The second-order valence-corrected chi connectivity index (χ2v) is 83.0. The normalized spacial score (nSPS) is 18.4. The Hall–Kier alpha value is -3.48. The molecule has 0 radical (unpaired) electrons. The molecule has 4 saturated carbocycles. The van der Waals surface area contributed by atoms with Crippen LogP contribution < -0.4 is 31.8 Å². The van der Waals surface area contributed by atoms with E-state index in [2.05, 4.69) is 407 Å². The Morgan fingerprint density at radius 3 is 0.638 bits per heavy atom. The molecule has 0 heterocycles. The highest BCUT2D eigenvalue weighted by molar-refractivity contribution is 8.17. The molecule has 0 nitrogen and oxygen atoms in total. The van der Waals surface area contributed by atoms with Crippen LogP contribution in [0.25, 0.3) is 0 Å². The quantitative estimate of drug-likeness (QED) is 0.0271. The molecule has 0 atom stereocenters. The zero-order chi connectivity index (χ0) is 109. The molecule has 0 N–H and O–H groups in total. The van der Waals surface area contributed by atoms with E-state index in [4.69, 9.17) is 45.0 Å². The Kier molecular flexibility index (Phi) is 60.5. The van der Waals surface area contributed by atoms with Gasteiger partial charge in [-0.2, -0.15) is 0 Å². The highest BCUT2D eigenvalue weighted by Crippen LogP contribution is 2.70. The standard InChI is InChI=1S/C28H34P.C28H28P.C16H34P.C16H28P.C11H22Cl2P.C11H16Cl2P.C11H22F2P.C11H16F2P.CH4/c2*1-23(2)25-20-18-24(19-21-25)22-29(26-12-6-3-7-13-26,27-14-8-4-9-15-27)28-16-10-5-11-17-28;2*1-6-17(7-2,8-3)13-15-9-11-16(12-10-15)14(4)5;4*1-9(2)11-6-4-10(5-7-11)8-14(3,12)13;/h3-17,23-25H,18-22H2,1-2H3;3-21,23H,22H2,1-2H3;14-16H,6-13H2,1-5H3;9-12,14H,6-8,13H2,1-5H3;9-11H,4-8H2,1-3H3;4-7,9H,8H2,1-3H3;9-11H,4-8H2,1-3H3;4-7,9H,8H2,1-3H3;1H4/q8*+1;. The molecule has 824 valence electrons. The van der Waals surface area contributed by atoms with E-state index in [1.165, 1.54) is 204 Å². The van der Waals surface area contributed by atoms with E-state index >= 15 is 0 Å². The average molecular weight is 2270 g/mol. The fourth-order valence-corrected chi connectivity index (χ4v) is 44.7. The van der Waals surface area contributed by atoms with Gasteiger partial charge in [0.1, 0.15) is 123 Å². The van der Waals surface area contributed by atoms with Crippen molar-refractivity contribution in [3.63, 3.8) is 0 Å². The molecule has 0 spiro atoms. The Balaban J connectivity index is 0.000000265. The van der Waals surface area contributed by atoms with E-state index < -0.39 is 56.8 Å². The van der Waals surface area contributed by atoms with Crippen molar-refractivity contribution in [3.05, 3.63) is 324 Å². The minimum absolute atomic E-state index is 0. The van der Waals surface area contributed by atoms with Crippen molar-refractivity contribution < 1.29 is 16.8 Å². The molecule has 4 fully saturated rings. The average Bonchev–Trinajstić information content (AvgIpc) is 0.752. The molecular formula is C133H204Cl4F4P8+8. The third-order valence-corrected chi connectivity index (χ3v) is 58.4. The van der Waals surface area contributed by atoms with E-state index in [-0.39, 0.29) is 19.8 Å². The van der Waals surface area contributed by atoms with Crippen molar-refractivity contribution in [3.8, 4) is 0 Å². The topological polar surface area (TPSA) is 0 Å². The van der Waals surface area contributed by atoms with Gasteiger partial charge in [0, 0.05) is 14.5 Å². The first-order valence-electron chi connectivity index (χ1n) is 57.2. The van der Waals surface area contributed by atoms with Crippen LogP contribution in [0.1, 0.15) is 331 Å². The summed E-state index contributed by atoms with van der Waals surface area (Å²) in [7, 11) is -11.9. The largest absolute Gasteiger partial charge is 0.389 e. The van der Waals surface area contributed by atoms with Crippen molar-refractivity contribution in [2.75, 3.05) is 88.3 Å². The summed E-state index contributed by atoms with van der Waals surface area (Å²) < 4.78 is 51.3. The highest BCUT2D eigenvalue weighted by Gasteiger charge is 2.50. The van der Waals surface area contributed by atoms with Gasteiger partial charge in [0.2, 0.25) is 11.9 Å². The number of rotatable bonds is 36. The molecule has 0 bridgehead atoms. The van der Waals surface area contributed by atoms with Crippen molar-refractivity contribution in [1.82, 2.24) is 0 Å². The molecule has 0 aliphatic heterocycles. The summed E-state index contributed by atoms with van der Waals surface area (Å²) in [5.74, 6) is 8.96. The molecule has 149 heavy (non-hydrogen) atoms. The van der Waals surface area contributed by atoms with Crippen LogP contribution in [0.2, 0.25) is 0 Å². The SMILES string of the molecule is C.CC(C)C1CCC(C[P+](C)(Cl)Cl)CC1.CC(C)C1CCC(C[P+](C)(F)F)CC1.CC(C)C1CCC(C[P+](c2ccccc2)(c2ccccc2)c2ccccc2)CC1.CC(C)c1ccc(C[P+](C)(Cl)Cl)cc1.CC(C)c1ccc(C[P+](C)(F)F)cc1.CC(C)c1ccc(C[P+](c2ccccc2)(c2ccccc2)c2ccccc2)cc1.CC[P+](CC)(CC)CC1CCC(C(C)C)CC1.CC[P+](CC)(CC)Cc1ccc(C(C)C)cc1. The molecule has 16 heteroatoms. The number of hydrogen-bond acceptors (Lipinski definition) is 0. The lowest BCUT2D eigenvalue weighted by atomic mass is 9.77. The fourth-order valence-electron chi connectivity index (χ4n) is 23.0. The zero-order valence-corrected chi connectivity index (χ0v) is 107. The lowest BCUT2D eigenvalue weighted by Crippen LogP contribution is -2.36. The van der Waals surface area contributed by atoms with E-state index in [1.54, 1.807) is 11.7 Å². The molecular weight excluding hydrogens is 2060 g/mol. The van der Waals surface area contributed by atoms with Crippen molar-refractivity contribution >= 4 is 134 Å². The number of hydrogen-bond donors (Lipinski definition) is 0. The fraction of sp³-hybridized carbons (Fsp3) is 0.549. The summed E-state index contributed by atoms with van der Waals surface area (Å²) in [6, 6.07) is 102. The van der Waals surface area contributed by atoms with Gasteiger partial charge in [0.05, 0.1) is 81.1 Å². The van der Waals surface area contributed by atoms with Crippen LogP contribution in [-0.2, 0) is 24.6 Å². The third kappa shape index (κ3) is 46.8. The van der Waals surface area contributed by atoms with Gasteiger partial charge in [-0.25, -0.2) is 0 Å². The maximum atomic E-state index is 12.9. The minimum atomic E-state index is -3.68. The lowest BCUT2D eigenvalue weighted by Gasteiger charge is -2.35. The maximum Gasteiger partial charge on any atom is 0.389 e. The summed E-state index contributed by atoms with van der Waals surface area (Å²) in [6.07, 6.45) is 37.5. The van der Waals surface area contributed by atoms with E-state index in [0.717, 1.165) is 115 Å². The monoisotopic (exact) mass is 2270 g/mol. The van der Waals surface area contributed by atoms with Crippen LogP contribution in [0.5, 0.6) is 0 Å². The Morgan fingerprint density at radius 1 is 0.221 bits per heavy atom. The van der Waals surface area contributed by atoms with E-state index in [0.29, 0.717) is 29.6 Å². The number of halogens is 8. The smallest absolute Gasteiger partial charge is 0.0776 e. The maximum absolute atomic E-state index is 12.9. The summed E-state index contributed by atoms with van der Waals surface area (Å²) in [4.78, 5) is 0. The molecule has 4 aliphatic carbocycles. The molecule has 10 aromatic rings. The van der Waals surface area contributed by atoms with Gasteiger partial charge in [-0.1, -0.05) is 324 Å². The van der Waals surface area contributed by atoms with Crippen LogP contribution in [0, 0.1) is 71.0 Å². The first-order valence-corrected chi connectivity index (χ1v) is 79.1. The second kappa shape index (κ2) is 67.2. The Bertz CT molecular complexity index is 4810. The third-order valence-electron chi connectivity index (χ3n) is 33.3. The van der Waals surface area contributed by atoms with Crippen molar-refractivity contribution in [2.24, 2.45) is 71.0 Å². The molecule has 0 aromatic heterocycles. The van der Waals surface area contributed by atoms with Crippen LogP contribution in [0.3, 0.4) is 0 Å². The minimum Gasteiger partial charge on any atom is -0.0776 e. The van der Waals surface area contributed by atoms with Crippen LogP contribution >= 0.6 is 102 Å². The van der Waals surface area contributed by atoms with E-state index in [1.807, 2.05) is 37.6 Å². The Labute approximate surface area is 936 Å². The zero-order valence-electron chi connectivity index (χ0n) is 96.6. The highest BCUT2D eigenvalue weighted by atomic mass is 35.9. The van der Waals surface area contributed by atoms with Gasteiger partial charge in [-0.05, 0) is 373 Å². The van der Waals surface area contributed by atoms with Crippen molar-refractivity contribution in [2.45, 2.75) is 311 Å².